The Morgan fingerprint density at radius 3 is 1.40 bits per heavy atom. The Morgan fingerprint density at radius 2 is 1.40 bits per heavy atom. The first kappa shape index (κ1) is 2.63. The van der Waals surface area contributed by atoms with Crippen LogP contribution < -0.4 is 0 Å². The van der Waals surface area contributed by atoms with Gasteiger partial charge in [-0.3, -0.25) is 0 Å². The fourth-order valence-electron chi connectivity index (χ4n) is 0.0532. The predicted molar refractivity (Wildman–Crippen MR) is 10.3 cm³/mol. The summed E-state index contributed by atoms with van der Waals surface area (Å²) < 4.78 is 25.0. The monoisotopic (exact) mass is 78.0 g/mol. The van der Waals surface area contributed by atoms with E-state index in [1.807, 2.05) is 0 Å². The molecule has 0 aromatic heterocycles. The molecule has 0 aromatic rings. The molecule has 0 fully saturated rings. The smallest absolute Gasteiger partial charge is 0.354 e. The Morgan fingerprint density at radius 1 is 1.20 bits per heavy atom. The summed E-state index contributed by atoms with van der Waals surface area (Å²) in [6, 6.07) is -2.16. The van der Waals surface area contributed by atoms with Crippen LogP contribution in [-0.2, 0) is 4.74 Å². The zero-order chi connectivity index (χ0) is 3.86. The molecular weight excluding hydrogens is 78.0 g/mol. The minimum Gasteiger partial charge on any atom is -0.395 e. The highest BCUT2D eigenvalue weighted by atomic mass is 19.2. The molecule has 1 rings (SSSR count). The van der Waals surface area contributed by atoms with Crippen LogP contribution in [0.5, 0.6) is 0 Å². The average Bonchev–Trinajstić information content (AvgIpc) is 1.79. The highest BCUT2D eigenvalue weighted by Crippen LogP contribution is 2.26. The first-order valence-electron chi connectivity index (χ1n) is 1.04. The Kier molecular flexibility index (Phi) is 0.251. The van der Waals surface area contributed by atoms with Gasteiger partial charge in [0.1, 0.15) is 0 Å². The summed E-state index contributed by atoms with van der Waals surface area (Å²) in [6.07, 6.45) is 0. The van der Waals surface area contributed by atoms with Crippen molar-refractivity contribution in [3.05, 3.63) is 12.0 Å². The molecule has 28 valence electrons. The standard InChI is InChI=1S/C2F2O/c3-1-2(4)5-1. The second kappa shape index (κ2) is 0.478. The van der Waals surface area contributed by atoms with Gasteiger partial charge in [-0.15, -0.1) is 0 Å². The first-order chi connectivity index (χ1) is 2.30. The molecule has 0 aromatic carbocycles. The summed E-state index contributed by atoms with van der Waals surface area (Å²) in [5.74, 6) is 0. The van der Waals surface area contributed by atoms with Crippen LogP contribution in [0.2, 0.25) is 0 Å². The highest BCUT2D eigenvalue weighted by Gasteiger charge is 2.24. The highest BCUT2D eigenvalue weighted by molar-refractivity contribution is 4.99. The quantitative estimate of drug-likeness (QED) is 0.422. The van der Waals surface area contributed by atoms with Crippen molar-refractivity contribution >= 4 is 0 Å². The minimum atomic E-state index is -1.08. The van der Waals surface area contributed by atoms with Gasteiger partial charge in [0.05, 0.1) is 0 Å². The van der Waals surface area contributed by atoms with E-state index in [4.69, 9.17) is 0 Å². The molecule has 5 heavy (non-hydrogen) atoms. The van der Waals surface area contributed by atoms with Gasteiger partial charge in [0.15, 0.2) is 0 Å². The third-order valence-corrected chi connectivity index (χ3v) is 0.292. The first-order valence-corrected chi connectivity index (χ1v) is 1.04. The third kappa shape index (κ3) is 0.229. The van der Waals surface area contributed by atoms with Crippen molar-refractivity contribution in [3.8, 4) is 0 Å². The molecule has 0 bridgehead atoms. The number of rotatable bonds is 0. The van der Waals surface area contributed by atoms with E-state index in [0.717, 1.165) is 0 Å². The molecule has 0 aliphatic carbocycles. The molecule has 0 saturated heterocycles. The van der Waals surface area contributed by atoms with Crippen molar-refractivity contribution in [2.75, 3.05) is 0 Å². The zero-order valence-electron chi connectivity index (χ0n) is 2.16. The molecule has 0 amide bonds. The number of hydrogen-bond acceptors (Lipinski definition) is 1. The van der Waals surface area contributed by atoms with Crippen LogP contribution in [0.25, 0.3) is 0 Å². The molecule has 1 aliphatic heterocycles. The Labute approximate surface area is 26.9 Å². The van der Waals surface area contributed by atoms with E-state index >= 15 is 0 Å². The van der Waals surface area contributed by atoms with E-state index in [0.29, 0.717) is 0 Å². The summed E-state index contributed by atoms with van der Waals surface area (Å²) in [7, 11) is 0. The maximum absolute atomic E-state index is 10.8. The van der Waals surface area contributed by atoms with E-state index in [1.165, 1.54) is 0 Å². The third-order valence-electron chi connectivity index (χ3n) is 0.292. The van der Waals surface area contributed by atoms with Crippen LogP contribution in [0.3, 0.4) is 0 Å². The lowest BCUT2D eigenvalue weighted by molar-refractivity contribution is 0.324. The van der Waals surface area contributed by atoms with Gasteiger partial charge >= 0.3 is 12.0 Å². The van der Waals surface area contributed by atoms with Crippen LogP contribution in [-0.4, -0.2) is 0 Å². The lowest BCUT2D eigenvalue weighted by Gasteiger charge is -1.50. The molecule has 1 heterocycles. The summed E-state index contributed by atoms with van der Waals surface area (Å²) in [4.78, 5) is 0. The molecule has 1 aliphatic rings. The van der Waals surface area contributed by atoms with Crippen LogP contribution in [0.15, 0.2) is 12.0 Å². The summed E-state index contributed by atoms with van der Waals surface area (Å²) in [5, 5.41) is 0. The van der Waals surface area contributed by atoms with Crippen molar-refractivity contribution in [1.82, 2.24) is 0 Å². The fourth-order valence-corrected chi connectivity index (χ4v) is 0.0532. The molecule has 0 unspecified atom stereocenters. The largest absolute Gasteiger partial charge is 0.395 e. The van der Waals surface area contributed by atoms with Crippen molar-refractivity contribution < 1.29 is 13.5 Å². The number of hydrogen-bond donors (Lipinski definition) is 0. The Balaban J connectivity index is 2.59. The van der Waals surface area contributed by atoms with Gasteiger partial charge in [0, 0.05) is 0 Å². The minimum absolute atomic E-state index is 1.08. The predicted octanol–water partition coefficient (Wildman–Crippen LogP) is 1.08. The van der Waals surface area contributed by atoms with Gasteiger partial charge in [-0.1, -0.05) is 0 Å². The lowest BCUT2D eigenvalue weighted by atomic mass is 11.2. The van der Waals surface area contributed by atoms with Crippen LogP contribution in [0, 0.1) is 0 Å². The Hall–Kier alpha value is -0.600. The lowest BCUT2D eigenvalue weighted by Crippen LogP contribution is -1.32. The van der Waals surface area contributed by atoms with Crippen molar-refractivity contribution in [3.63, 3.8) is 0 Å². The van der Waals surface area contributed by atoms with Crippen molar-refractivity contribution in [1.29, 1.82) is 0 Å². The number of halogens is 2. The fraction of sp³-hybridized carbons (Fsp3) is 0. The maximum atomic E-state index is 10.8. The summed E-state index contributed by atoms with van der Waals surface area (Å²) >= 11 is 0. The zero-order valence-corrected chi connectivity index (χ0v) is 2.16. The molecule has 3 heteroatoms. The van der Waals surface area contributed by atoms with Gasteiger partial charge in [-0.25, -0.2) is 0 Å². The second-order valence-electron chi connectivity index (χ2n) is 0.649. The van der Waals surface area contributed by atoms with Gasteiger partial charge in [0.25, 0.3) is 0 Å². The maximum Gasteiger partial charge on any atom is 0.354 e. The average molecular weight is 78.0 g/mol. The van der Waals surface area contributed by atoms with Gasteiger partial charge in [-0.2, -0.15) is 8.78 Å². The number of ether oxygens (including phenoxy) is 1. The van der Waals surface area contributed by atoms with Crippen LogP contribution in [0.1, 0.15) is 0 Å². The second-order valence-corrected chi connectivity index (χ2v) is 0.649. The van der Waals surface area contributed by atoms with Crippen molar-refractivity contribution in [2.24, 2.45) is 0 Å². The van der Waals surface area contributed by atoms with E-state index in [1.54, 1.807) is 0 Å². The molecule has 0 spiro atoms. The summed E-state index contributed by atoms with van der Waals surface area (Å²) in [5.41, 5.74) is 0. The van der Waals surface area contributed by atoms with Crippen LogP contribution >= 0.6 is 0 Å². The van der Waals surface area contributed by atoms with E-state index in [-0.39, 0.29) is 0 Å². The summed E-state index contributed by atoms with van der Waals surface area (Å²) in [6.45, 7) is 0. The molecular formula is C2F2O. The molecule has 0 N–H and O–H groups in total. The molecule has 0 saturated carbocycles. The Bertz CT molecular complexity index is 75.6. The van der Waals surface area contributed by atoms with Gasteiger partial charge < -0.3 is 4.74 Å². The topological polar surface area (TPSA) is 12.5 Å². The van der Waals surface area contributed by atoms with Gasteiger partial charge in [0.2, 0.25) is 0 Å². The normalized spacial score (nSPS) is 18.8. The van der Waals surface area contributed by atoms with E-state index < -0.39 is 12.0 Å². The van der Waals surface area contributed by atoms with Crippen LogP contribution in [0.4, 0.5) is 8.78 Å². The molecule has 0 atom stereocenters. The van der Waals surface area contributed by atoms with Crippen molar-refractivity contribution in [2.45, 2.75) is 0 Å². The molecule has 0 radical (unpaired) electrons. The van der Waals surface area contributed by atoms with E-state index in [9.17, 15) is 8.78 Å². The van der Waals surface area contributed by atoms with Gasteiger partial charge in [-0.05, 0) is 0 Å². The molecule has 1 nitrogen and oxygen atoms in total. The SMILES string of the molecule is FC1=C(F)O1. The van der Waals surface area contributed by atoms with E-state index in [2.05, 4.69) is 4.74 Å².